The second-order valence-electron chi connectivity index (χ2n) is 10.5. The lowest BCUT2D eigenvalue weighted by Gasteiger charge is -2.26. The molecule has 1 saturated heterocycles. The summed E-state index contributed by atoms with van der Waals surface area (Å²) in [6, 6.07) is 0. The second kappa shape index (κ2) is 12.9. The van der Waals surface area contributed by atoms with Gasteiger partial charge >= 0.3 is 0 Å². The number of nitrogens with one attached hydrogen (secondary N) is 1. The molecule has 5 nitrogen and oxygen atoms in total. The molecule has 3 rings (SSSR count). The van der Waals surface area contributed by atoms with Crippen molar-refractivity contribution in [3.63, 3.8) is 0 Å². The first-order chi connectivity index (χ1) is 15.5. The number of aliphatic hydroxyl groups is 2. The summed E-state index contributed by atoms with van der Waals surface area (Å²) in [7, 11) is 0. The van der Waals surface area contributed by atoms with E-state index < -0.39 is 6.10 Å². The highest BCUT2D eigenvalue weighted by atomic mass is 16.3. The van der Waals surface area contributed by atoms with Gasteiger partial charge in [0, 0.05) is 38.5 Å². The number of hydrogen-bond acceptors (Lipinski definition) is 4. The summed E-state index contributed by atoms with van der Waals surface area (Å²) < 4.78 is 0. The minimum absolute atomic E-state index is 0.134. The number of hydrogen-bond donors (Lipinski definition) is 3. The van der Waals surface area contributed by atoms with E-state index in [1.165, 1.54) is 31.3 Å². The van der Waals surface area contributed by atoms with Crippen molar-refractivity contribution in [3.8, 4) is 0 Å². The van der Waals surface area contributed by atoms with Crippen molar-refractivity contribution in [2.24, 2.45) is 23.7 Å². The monoisotopic (exact) mass is 446 g/mol. The number of nitrogens with zero attached hydrogens (tertiary/aromatic N) is 1. The number of rotatable bonds is 12. The molecule has 0 radical (unpaired) electrons. The van der Waals surface area contributed by atoms with Crippen LogP contribution in [0.1, 0.15) is 78.1 Å². The van der Waals surface area contributed by atoms with Crippen LogP contribution in [0.4, 0.5) is 0 Å². The standard InChI is InChI=1S/C27H46N2O3/c1-3-4-8-20(2)15-23(30)9-10-24-25-17-21(16-22(25)18-26(24)31)19-28-12-11-27(32)29-13-6-5-7-14-29/h9-10,16,20,22-26,28,30-31H,3-8,11-15,17-19H2,1-2H3/b10-9+/t20-,22-,23+,24+,25-,26+/m0/s1. The Balaban J connectivity index is 1.38. The Morgan fingerprint density at radius 3 is 2.84 bits per heavy atom. The van der Waals surface area contributed by atoms with Crippen molar-refractivity contribution in [3.05, 3.63) is 23.8 Å². The number of amides is 1. The molecular weight excluding hydrogens is 400 g/mol. The fourth-order valence-corrected chi connectivity index (χ4v) is 5.90. The molecule has 1 saturated carbocycles. The van der Waals surface area contributed by atoms with Gasteiger partial charge in [-0.3, -0.25) is 4.79 Å². The molecule has 6 atom stereocenters. The van der Waals surface area contributed by atoms with Crippen LogP contribution in [0, 0.1) is 23.7 Å². The van der Waals surface area contributed by atoms with Crippen LogP contribution in [0.25, 0.3) is 0 Å². The molecule has 0 aromatic heterocycles. The number of carbonyl (C=O) groups excluding carboxylic acids is 1. The van der Waals surface area contributed by atoms with Crippen LogP contribution in [0.5, 0.6) is 0 Å². The molecule has 0 aromatic rings. The third-order valence-electron chi connectivity index (χ3n) is 7.78. The third-order valence-corrected chi connectivity index (χ3v) is 7.78. The van der Waals surface area contributed by atoms with Gasteiger partial charge in [-0.2, -0.15) is 0 Å². The van der Waals surface area contributed by atoms with Gasteiger partial charge in [0.25, 0.3) is 0 Å². The van der Waals surface area contributed by atoms with Gasteiger partial charge in [0.1, 0.15) is 0 Å². The normalized spacial score (nSPS) is 29.9. The molecule has 1 amide bonds. The van der Waals surface area contributed by atoms with Gasteiger partial charge in [0.2, 0.25) is 5.91 Å². The zero-order valence-electron chi connectivity index (χ0n) is 20.3. The van der Waals surface area contributed by atoms with Crippen LogP contribution in [0.3, 0.4) is 0 Å². The minimum Gasteiger partial charge on any atom is -0.392 e. The molecule has 0 bridgehead atoms. The van der Waals surface area contributed by atoms with Crippen LogP contribution in [-0.2, 0) is 4.79 Å². The first-order valence-corrected chi connectivity index (χ1v) is 13.2. The maximum absolute atomic E-state index is 12.3. The van der Waals surface area contributed by atoms with Crippen LogP contribution in [-0.4, -0.2) is 59.4 Å². The van der Waals surface area contributed by atoms with Gasteiger partial charge < -0.3 is 20.4 Å². The quantitative estimate of drug-likeness (QED) is 0.312. The summed E-state index contributed by atoms with van der Waals surface area (Å²) >= 11 is 0. The number of carbonyl (C=O) groups is 1. The van der Waals surface area contributed by atoms with Gasteiger partial charge in [-0.15, -0.1) is 0 Å². The fraction of sp³-hybridized carbons (Fsp3) is 0.815. The lowest BCUT2D eigenvalue weighted by molar-refractivity contribution is -0.131. The smallest absolute Gasteiger partial charge is 0.223 e. The Morgan fingerprint density at radius 1 is 1.31 bits per heavy atom. The lowest BCUT2D eigenvalue weighted by Crippen LogP contribution is -2.37. The van der Waals surface area contributed by atoms with Crippen LogP contribution < -0.4 is 5.32 Å². The Morgan fingerprint density at radius 2 is 2.09 bits per heavy atom. The molecule has 5 heteroatoms. The van der Waals surface area contributed by atoms with Gasteiger partial charge in [-0.05, 0) is 56.3 Å². The van der Waals surface area contributed by atoms with E-state index in [1.54, 1.807) is 0 Å². The Labute approximate surface area is 195 Å². The van der Waals surface area contributed by atoms with Crippen molar-refractivity contribution < 1.29 is 15.0 Å². The van der Waals surface area contributed by atoms with Crippen LogP contribution >= 0.6 is 0 Å². The zero-order chi connectivity index (χ0) is 22.9. The molecule has 0 spiro atoms. The van der Waals surface area contributed by atoms with E-state index in [9.17, 15) is 15.0 Å². The minimum atomic E-state index is -0.416. The highest BCUT2D eigenvalue weighted by Crippen LogP contribution is 2.47. The van der Waals surface area contributed by atoms with Gasteiger partial charge in [-0.1, -0.05) is 56.9 Å². The van der Waals surface area contributed by atoms with Crippen molar-refractivity contribution in [1.29, 1.82) is 0 Å². The highest BCUT2D eigenvalue weighted by molar-refractivity contribution is 5.76. The topological polar surface area (TPSA) is 72.8 Å². The number of unbranched alkanes of at least 4 members (excludes halogenated alkanes) is 1. The van der Waals surface area contributed by atoms with E-state index in [0.717, 1.165) is 58.3 Å². The predicted molar refractivity (Wildman–Crippen MR) is 130 cm³/mol. The van der Waals surface area contributed by atoms with Crippen molar-refractivity contribution in [2.75, 3.05) is 26.2 Å². The Hall–Kier alpha value is -1.17. The molecule has 0 aromatic carbocycles. The SMILES string of the molecule is CCCC[C@H](C)C[C@H](O)/C=C/[C@@H]1[C@H]2CC(CNCCC(=O)N3CCCCC3)=C[C@H]2C[C@H]1O. The van der Waals surface area contributed by atoms with E-state index in [4.69, 9.17) is 0 Å². The largest absolute Gasteiger partial charge is 0.392 e. The fourth-order valence-electron chi connectivity index (χ4n) is 5.90. The predicted octanol–water partition coefficient (Wildman–Crippen LogP) is 4.06. The number of fused-ring (bicyclic) bond motifs is 1. The van der Waals surface area contributed by atoms with Crippen molar-refractivity contribution >= 4 is 5.91 Å². The average Bonchev–Trinajstić information content (AvgIpc) is 3.30. The van der Waals surface area contributed by atoms with E-state index in [1.807, 2.05) is 11.0 Å². The summed E-state index contributed by atoms with van der Waals surface area (Å²) in [4.78, 5) is 14.3. The molecule has 1 aliphatic heterocycles. The molecule has 32 heavy (non-hydrogen) atoms. The maximum atomic E-state index is 12.3. The summed E-state index contributed by atoms with van der Waals surface area (Å²) in [6.07, 6.45) is 16.0. The van der Waals surface area contributed by atoms with Crippen LogP contribution in [0.2, 0.25) is 0 Å². The van der Waals surface area contributed by atoms with Gasteiger partial charge in [-0.25, -0.2) is 0 Å². The summed E-state index contributed by atoms with van der Waals surface area (Å²) in [5.41, 5.74) is 1.41. The molecule has 1 heterocycles. The Bertz CT molecular complexity index is 641. The number of allylic oxidation sites excluding steroid dienone is 1. The molecule has 182 valence electrons. The van der Waals surface area contributed by atoms with Gasteiger partial charge in [0.15, 0.2) is 0 Å². The summed E-state index contributed by atoms with van der Waals surface area (Å²) in [5, 5.41) is 24.5. The zero-order valence-corrected chi connectivity index (χ0v) is 20.3. The highest BCUT2D eigenvalue weighted by Gasteiger charge is 2.43. The van der Waals surface area contributed by atoms with Crippen LogP contribution in [0.15, 0.2) is 23.8 Å². The number of aliphatic hydroxyl groups excluding tert-OH is 2. The average molecular weight is 447 g/mol. The molecule has 2 fully saturated rings. The first-order valence-electron chi connectivity index (χ1n) is 13.2. The Kier molecular flexibility index (Phi) is 10.3. The molecule has 3 N–H and O–H groups in total. The molecular formula is C27H46N2O3. The molecule has 0 unspecified atom stereocenters. The molecule has 3 aliphatic rings. The number of likely N-dealkylation sites (tertiary alicyclic amines) is 1. The van der Waals surface area contributed by atoms with Crippen molar-refractivity contribution in [1.82, 2.24) is 10.2 Å². The number of piperidine rings is 1. The molecule has 2 aliphatic carbocycles. The maximum Gasteiger partial charge on any atom is 0.223 e. The second-order valence-corrected chi connectivity index (χ2v) is 10.5. The van der Waals surface area contributed by atoms with E-state index in [-0.39, 0.29) is 17.9 Å². The third kappa shape index (κ3) is 7.43. The van der Waals surface area contributed by atoms with Gasteiger partial charge in [0.05, 0.1) is 12.2 Å². The summed E-state index contributed by atoms with van der Waals surface area (Å²) in [6.45, 7) is 7.84. The first kappa shape index (κ1) is 25.5. The lowest BCUT2D eigenvalue weighted by atomic mass is 9.88. The van der Waals surface area contributed by atoms with Crippen molar-refractivity contribution in [2.45, 2.75) is 90.3 Å². The summed E-state index contributed by atoms with van der Waals surface area (Å²) in [5.74, 6) is 1.83. The van der Waals surface area contributed by atoms with E-state index in [0.29, 0.717) is 24.2 Å². The van der Waals surface area contributed by atoms with E-state index >= 15 is 0 Å². The van der Waals surface area contributed by atoms with E-state index in [2.05, 4.69) is 31.3 Å².